The SMILES string of the molecule is NCCCCc1ccccc1C(N)=O. The van der Waals surface area contributed by atoms with Gasteiger partial charge in [0, 0.05) is 5.56 Å². The summed E-state index contributed by atoms with van der Waals surface area (Å²) in [5.41, 5.74) is 12.3. The van der Waals surface area contributed by atoms with E-state index in [0.29, 0.717) is 12.1 Å². The largest absolute Gasteiger partial charge is 0.366 e. The van der Waals surface area contributed by atoms with E-state index in [1.807, 2.05) is 18.2 Å². The van der Waals surface area contributed by atoms with E-state index >= 15 is 0 Å². The highest BCUT2D eigenvalue weighted by Gasteiger charge is 2.05. The van der Waals surface area contributed by atoms with Crippen molar-refractivity contribution in [2.45, 2.75) is 19.3 Å². The summed E-state index contributed by atoms with van der Waals surface area (Å²) >= 11 is 0. The molecule has 0 saturated carbocycles. The minimum atomic E-state index is -0.353. The minimum Gasteiger partial charge on any atom is -0.366 e. The number of nitrogens with two attached hydrogens (primary N) is 2. The van der Waals surface area contributed by atoms with Gasteiger partial charge in [-0.15, -0.1) is 0 Å². The molecule has 0 aliphatic rings. The molecule has 3 nitrogen and oxygen atoms in total. The molecule has 4 N–H and O–H groups in total. The number of carbonyl (C=O) groups is 1. The number of rotatable bonds is 5. The van der Waals surface area contributed by atoms with E-state index in [-0.39, 0.29) is 5.91 Å². The van der Waals surface area contributed by atoms with Gasteiger partial charge in [-0.1, -0.05) is 18.2 Å². The molecule has 3 heteroatoms. The van der Waals surface area contributed by atoms with Gasteiger partial charge >= 0.3 is 0 Å². The zero-order valence-corrected chi connectivity index (χ0v) is 8.20. The topological polar surface area (TPSA) is 69.1 Å². The van der Waals surface area contributed by atoms with Gasteiger partial charge in [0.05, 0.1) is 0 Å². The van der Waals surface area contributed by atoms with Crippen LogP contribution < -0.4 is 11.5 Å². The van der Waals surface area contributed by atoms with E-state index < -0.39 is 0 Å². The van der Waals surface area contributed by atoms with Crippen LogP contribution >= 0.6 is 0 Å². The van der Waals surface area contributed by atoms with Gasteiger partial charge in [-0.3, -0.25) is 4.79 Å². The third-order valence-electron chi connectivity index (χ3n) is 2.18. The van der Waals surface area contributed by atoms with Crippen LogP contribution in [0, 0.1) is 0 Å². The Balaban J connectivity index is 2.69. The molecule has 0 aliphatic carbocycles. The second-order valence-electron chi connectivity index (χ2n) is 3.27. The molecular weight excluding hydrogens is 176 g/mol. The van der Waals surface area contributed by atoms with Crippen molar-refractivity contribution in [2.24, 2.45) is 11.5 Å². The summed E-state index contributed by atoms with van der Waals surface area (Å²) in [7, 11) is 0. The average Bonchev–Trinajstić information content (AvgIpc) is 2.19. The Bertz CT molecular complexity index is 310. The van der Waals surface area contributed by atoms with Gasteiger partial charge < -0.3 is 11.5 Å². The Kier molecular flexibility index (Phi) is 4.13. The molecule has 0 heterocycles. The van der Waals surface area contributed by atoms with Crippen LogP contribution in [0.4, 0.5) is 0 Å². The van der Waals surface area contributed by atoms with Crippen molar-refractivity contribution >= 4 is 5.91 Å². The summed E-state index contributed by atoms with van der Waals surface area (Å²) in [6, 6.07) is 7.45. The van der Waals surface area contributed by atoms with Crippen LogP contribution in [0.15, 0.2) is 24.3 Å². The maximum Gasteiger partial charge on any atom is 0.248 e. The molecule has 0 atom stereocenters. The molecule has 0 fully saturated rings. The Hall–Kier alpha value is -1.35. The zero-order chi connectivity index (χ0) is 10.4. The van der Waals surface area contributed by atoms with Crippen LogP contribution in [-0.4, -0.2) is 12.5 Å². The highest BCUT2D eigenvalue weighted by molar-refractivity contribution is 5.94. The number of hydrogen-bond acceptors (Lipinski definition) is 2. The summed E-state index contributed by atoms with van der Waals surface area (Å²) in [6.45, 7) is 0.693. The quantitative estimate of drug-likeness (QED) is 0.685. The molecule has 1 amide bonds. The summed E-state index contributed by atoms with van der Waals surface area (Å²) in [5, 5.41) is 0. The summed E-state index contributed by atoms with van der Waals surface area (Å²) < 4.78 is 0. The highest BCUT2D eigenvalue weighted by Crippen LogP contribution is 2.11. The standard InChI is InChI=1S/C11H16N2O/c12-8-4-3-6-9-5-1-2-7-10(9)11(13)14/h1-2,5,7H,3-4,6,8,12H2,(H2,13,14). The van der Waals surface area contributed by atoms with Crippen LogP contribution in [0.3, 0.4) is 0 Å². The number of hydrogen-bond donors (Lipinski definition) is 2. The fourth-order valence-electron chi connectivity index (χ4n) is 1.44. The number of carbonyl (C=O) groups excluding carboxylic acids is 1. The first kappa shape index (κ1) is 10.7. The van der Waals surface area contributed by atoms with E-state index in [9.17, 15) is 4.79 Å². The third-order valence-corrected chi connectivity index (χ3v) is 2.18. The fraction of sp³-hybridized carbons (Fsp3) is 0.364. The first-order valence-electron chi connectivity index (χ1n) is 4.83. The number of amides is 1. The minimum absolute atomic E-state index is 0.353. The number of aryl methyl sites for hydroxylation is 1. The van der Waals surface area contributed by atoms with Crippen LogP contribution in [-0.2, 0) is 6.42 Å². The Labute approximate surface area is 84.1 Å². The molecular formula is C11H16N2O. The van der Waals surface area contributed by atoms with E-state index in [1.165, 1.54) is 0 Å². The molecule has 0 spiro atoms. The van der Waals surface area contributed by atoms with Crippen molar-refractivity contribution in [3.05, 3.63) is 35.4 Å². The molecule has 0 unspecified atom stereocenters. The van der Waals surface area contributed by atoms with E-state index in [1.54, 1.807) is 6.07 Å². The molecule has 76 valence electrons. The lowest BCUT2D eigenvalue weighted by Gasteiger charge is -2.05. The van der Waals surface area contributed by atoms with Crippen molar-refractivity contribution in [1.82, 2.24) is 0 Å². The van der Waals surface area contributed by atoms with Crippen molar-refractivity contribution < 1.29 is 4.79 Å². The van der Waals surface area contributed by atoms with E-state index in [0.717, 1.165) is 24.8 Å². The number of benzene rings is 1. The van der Waals surface area contributed by atoms with Crippen LogP contribution in [0.2, 0.25) is 0 Å². The van der Waals surface area contributed by atoms with Gasteiger partial charge in [0.2, 0.25) is 5.91 Å². The molecule has 1 aromatic rings. The summed E-state index contributed by atoms with van der Waals surface area (Å²) in [5.74, 6) is -0.353. The molecule has 1 aromatic carbocycles. The first-order chi connectivity index (χ1) is 6.75. The predicted octanol–water partition coefficient (Wildman–Crippen LogP) is 1.07. The normalized spacial score (nSPS) is 10.1. The van der Waals surface area contributed by atoms with Crippen molar-refractivity contribution in [3.63, 3.8) is 0 Å². The van der Waals surface area contributed by atoms with Crippen LogP contribution in [0.5, 0.6) is 0 Å². The predicted molar refractivity (Wildman–Crippen MR) is 57.0 cm³/mol. The lowest BCUT2D eigenvalue weighted by Crippen LogP contribution is -2.13. The van der Waals surface area contributed by atoms with Crippen molar-refractivity contribution in [1.29, 1.82) is 0 Å². The Morgan fingerprint density at radius 2 is 1.93 bits per heavy atom. The second kappa shape index (κ2) is 5.40. The first-order valence-corrected chi connectivity index (χ1v) is 4.83. The number of unbranched alkanes of at least 4 members (excludes halogenated alkanes) is 1. The Morgan fingerprint density at radius 3 is 2.57 bits per heavy atom. The Morgan fingerprint density at radius 1 is 1.21 bits per heavy atom. The lowest BCUT2D eigenvalue weighted by molar-refractivity contribution is 0.0999. The molecule has 0 saturated heterocycles. The fourth-order valence-corrected chi connectivity index (χ4v) is 1.44. The molecule has 0 aromatic heterocycles. The second-order valence-corrected chi connectivity index (χ2v) is 3.27. The van der Waals surface area contributed by atoms with Gasteiger partial charge in [0.25, 0.3) is 0 Å². The van der Waals surface area contributed by atoms with Gasteiger partial charge in [0.1, 0.15) is 0 Å². The highest BCUT2D eigenvalue weighted by atomic mass is 16.1. The van der Waals surface area contributed by atoms with Crippen LogP contribution in [0.1, 0.15) is 28.8 Å². The average molecular weight is 192 g/mol. The van der Waals surface area contributed by atoms with Gasteiger partial charge in [-0.05, 0) is 37.4 Å². The summed E-state index contributed by atoms with van der Waals surface area (Å²) in [4.78, 5) is 11.1. The van der Waals surface area contributed by atoms with E-state index in [2.05, 4.69) is 0 Å². The maximum absolute atomic E-state index is 11.1. The molecule has 0 aliphatic heterocycles. The third kappa shape index (κ3) is 2.85. The van der Waals surface area contributed by atoms with Crippen LogP contribution in [0.25, 0.3) is 0 Å². The smallest absolute Gasteiger partial charge is 0.248 e. The lowest BCUT2D eigenvalue weighted by atomic mass is 10.0. The summed E-state index contributed by atoms with van der Waals surface area (Å²) in [6.07, 6.45) is 2.85. The zero-order valence-electron chi connectivity index (χ0n) is 8.20. The monoisotopic (exact) mass is 192 g/mol. The molecule has 0 radical (unpaired) electrons. The van der Waals surface area contributed by atoms with E-state index in [4.69, 9.17) is 11.5 Å². The molecule has 0 bridgehead atoms. The van der Waals surface area contributed by atoms with Crippen molar-refractivity contribution in [3.8, 4) is 0 Å². The molecule has 1 rings (SSSR count). The van der Waals surface area contributed by atoms with Crippen molar-refractivity contribution in [2.75, 3.05) is 6.54 Å². The van der Waals surface area contributed by atoms with Gasteiger partial charge in [-0.25, -0.2) is 0 Å². The van der Waals surface area contributed by atoms with Gasteiger partial charge in [0.15, 0.2) is 0 Å². The number of primary amides is 1. The molecule has 14 heavy (non-hydrogen) atoms. The van der Waals surface area contributed by atoms with Gasteiger partial charge in [-0.2, -0.15) is 0 Å². The maximum atomic E-state index is 11.1.